The predicted molar refractivity (Wildman–Crippen MR) is 75.7 cm³/mol. The van der Waals surface area contributed by atoms with Gasteiger partial charge in [0.25, 0.3) is 0 Å². The lowest BCUT2D eigenvalue weighted by Gasteiger charge is -2.17. The van der Waals surface area contributed by atoms with Crippen molar-refractivity contribution in [2.75, 3.05) is 0 Å². The van der Waals surface area contributed by atoms with E-state index in [0.29, 0.717) is 12.2 Å². The molecule has 18 heavy (non-hydrogen) atoms. The topological polar surface area (TPSA) is 17.1 Å². The van der Waals surface area contributed by atoms with E-state index >= 15 is 0 Å². The van der Waals surface area contributed by atoms with Crippen molar-refractivity contribution in [3.8, 4) is 0 Å². The summed E-state index contributed by atoms with van der Waals surface area (Å²) in [7, 11) is 0. The van der Waals surface area contributed by atoms with Gasteiger partial charge in [0.05, 0.1) is 0 Å². The molecule has 0 N–H and O–H groups in total. The first-order valence-corrected chi connectivity index (χ1v) is 6.84. The number of rotatable bonds is 3. The highest BCUT2D eigenvalue weighted by atomic mass is 16.1. The summed E-state index contributed by atoms with van der Waals surface area (Å²) in [6.45, 7) is 6.42. The summed E-state index contributed by atoms with van der Waals surface area (Å²) < 4.78 is 0. The molecule has 1 heteroatoms. The van der Waals surface area contributed by atoms with Crippen LogP contribution in [0, 0.1) is 19.8 Å². The summed E-state index contributed by atoms with van der Waals surface area (Å²) in [6.07, 6.45) is 5.89. The molecule has 0 amide bonds. The van der Waals surface area contributed by atoms with Gasteiger partial charge in [0.2, 0.25) is 0 Å². The van der Waals surface area contributed by atoms with E-state index in [1.807, 2.05) is 0 Å². The van der Waals surface area contributed by atoms with Crippen LogP contribution in [0.15, 0.2) is 29.8 Å². The number of aryl methyl sites for hydroxylation is 2. The van der Waals surface area contributed by atoms with Crippen molar-refractivity contribution in [1.82, 2.24) is 0 Å². The summed E-state index contributed by atoms with van der Waals surface area (Å²) in [5, 5.41) is 0. The van der Waals surface area contributed by atoms with Gasteiger partial charge in [-0.15, -0.1) is 0 Å². The van der Waals surface area contributed by atoms with E-state index in [1.165, 1.54) is 11.1 Å². The number of Topliss-reactive ketones (excluding diaryl/α,β-unsaturated/α-hetero) is 1. The summed E-state index contributed by atoms with van der Waals surface area (Å²) in [6, 6.07) is 6.39. The standard InChI is InChI=1S/C17H22O/c1-12-4-6-16(7-5-12)17(18)11-15-9-13(2)8-14(3)10-15/h6,8-10,12H,4-5,7,11H2,1-3H3. The average Bonchev–Trinajstić information content (AvgIpc) is 2.28. The number of carbonyl (C=O) groups is 1. The molecule has 0 bridgehead atoms. The maximum atomic E-state index is 12.2. The van der Waals surface area contributed by atoms with Crippen molar-refractivity contribution in [3.05, 3.63) is 46.5 Å². The van der Waals surface area contributed by atoms with Crippen LogP contribution in [0.5, 0.6) is 0 Å². The smallest absolute Gasteiger partial charge is 0.162 e. The van der Waals surface area contributed by atoms with Crippen LogP contribution in [-0.4, -0.2) is 5.78 Å². The van der Waals surface area contributed by atoms with Gasteiger partial charge in [-0.2, -0.15) is 0 Å². The summed E-state index contributed by atoms with van der Waals surface area (Å²) >= 11 is 0. The lowest BCUT2D eigenvalue weighted by molar-refractivity contribution is -0.115. The molecule has 0 fully saturated rings. The van der Waals surface area contributed by atoms with Crippen molar-refractivity contribution >= 4 is 5.78 Å². The number of ketones is 1. The van der Waals surface area contributed by atoms with E-state index in [2.05, 4.69) is 45.0 Å². The van der Waals surface area contributed by atoms with Gasteiger partial charge in [-0.05, 0) is 50.2 Å². The van der Waals surface area contributed by atoms with Crippen molar-refractivity contribution in [2.24, 2.45) is 5.92 Å². The van der Waals surface area contributed by atoms with Crippen LogP contribution < -0.4 is 0 Å². The average molecular weight is 242 g/mol. The highest BCUT2D eigenvalue weighted by Crippen LogP contribution is 2.24. The molecule has 0 aliphatic heterocycles. The second kappa shape index (κ2) is 5.51. The highest BCUT2D eigenvalue weighted by molar-refractivity contribution is 5.96. The Morgan fingerprint density at radius 1 is 1.22 bits per heavy atom. The quantitative estimate of drug-likeness (QED) is 0.777. The molecule has 1 aliphatic rings. The van der Waals surface area contributed by atoms with E-state index in [-0.39, 0.29) is 0 Å². The Balaban J connectivity index is 2.07. The molecule has 1 unspecified atom stereocenters. The number of benzene rings is 1. The number of carbonyl (C=O) groups excluding carboxylic acids is 1. The molecule has 1 nitrogen and oxygen atoms in total. The zero-order chi connectivity index (χ0) is 13.1. The molecule has 0 aromatic heterocycles. The SMILES string of the molecule is Cc1cc(C)cc(CC(=O)C2=CCC(C)CC2)c1. The maximum Gasteiger partial charge on any atom is 0.162 e. The largest absolute Gasteiger partial charge is 0.294 e. The Bertz CT molecular complexity index is 462. The van der Waals surface area contributed by atoms with E-state index in [1.54, 1.807) is 0 Å². The normalized spacial score (nSPS) is 19.5. The number of hydrogen-bond acceptors (Lipinski definition) is 1. The summed E-state index contributed by atoms with van der Waals surface area (Å²) in [5.41, 5.74) is 4.68. The molecule has 0 saturated carbocycles. The lowest BCUT2D eigenvalue weighted by Crippen LogP contribution is -2.12. The second-order valence-corrected chi connectivity index (χ2v) is 5.70. The van der Waals surface area contributed by atoms with Gasteiger partial charge < -0.3 is 0 Å². The van der Waals surface area contributed by atoms with Crippen LogP contribution in [0.4, 0.5) is 0 Å². The van der Waals surface area contributed by atoms with Crippen molar-refractivity contribution in [2.45, 2.75) is 46.5 Å². The highest BCUT2D eigenvalue weighted by Gasteiger charge is 2.16. The summed E-state index contributed by atoms with van der Waals surface area (Å²) in [4.78, 5) is 12.2. The molecule has 1 aliphatic carbocycles. The van der Waals surface area contributed by atoms with E-state index < -0.39 is 0 Å². The minimum atomic E-state index is 0.312. The van der Waals surface area contributed by atoms with Gasteiger partial charge >= 0.3 is 0 Å². The lowest BCUT2D eigenvalue weighted by atomic mass is 9.87. The Hall–Kier alpha value is -1.37. The Kier molecular flexibility index (Phi) is 4.00. The zero-order valence-electron chi connectivity index (χ0n) is 11.6. The fourth-order valence-electron chi connectivity index (χ4n) is 2.69. The maximum absolute atomic E-state index is 12.2. The van der Waals surface area contributed by atoms with Gasteiger partial charge in [0.15, 0.2) is 5.78 Å². The Morgan fingerprint density at radius 2 is 1.89 bits per heavy atom. The van der Waals surface area contributed by atoms with Crippen LogP contribution >= 0.6 is 0 Å². The monoisotopic (exact) mass is 242 g/mol. The molecule has 1 aromatic rings. The molecule has 96 valence electrons. The number of hydrogen-bond donors (Lipinski definition) is 0. The Morgan fingerprint density at radius 3 is 2.44 bits per heavy atom. The van der Waals surface area contributed by atoms with Gasteiger partial charge in [-0.25, -0.2) is 0 Å². The van der Waals surface area contributed by atoms with E-state index in [4.69, 9.17) is 0 Å². The van der Waals surface area contributed by atoms with Gasteiger partial charge in [0, 0.05) is 6.42 Å². The first-order chi connectivity index (χ1) is 8.54. The van der Waals surface area contributed by atoms with Crippen LogP contribution in [-0.2, 0) is 11.2 Å². The third-order valence-electron chi connectivity index (χ3n) is 3.68. The second-order valence-electron chi connectivity index (χ2n) is 5.70. The van der Waals surface area contributed by atoms with E-state index in [9.17, 15) is 4.79 Å². The van der Waals surface area contributed by atoms with E-state index in [0.717, 1.165) is 36.3 Å². The van der Waals surface area contributed by atoms with Crippen LogP contribution in [0.1, 0.15) is 42.9 Å². The third-order valence-corrected chi connectivity index (χ3v) is 3.68. The zero-order valence-corrected chi connectivity index (χ0v) is 11.6. The van der Waals surface area contributed by atoms with Crippen molar-refractivity contribution < 1.29 is 4.79 Å². The fraction of sp³-hybridized carbons (Fsp3) is 0.471. The summed E-state index contributed by atoms with van der Waals surface area (Å²) in [5.74, 6) is 1.05. The van der Waals surface area contributed by atoms with Crippen molar-refractivity contribution in [3.63, 3.8) is 0 Å². The minimum absolute atomic E-state index is 0.312. The first kappa shape index (κ1) is 13.1. The molecular formula is C17H22O. The Labute approximate surface area is 110 Å². The van der Waals surface area contributed by atoms with Gasteiger partial charge in [0.1, 0.15) is 0 Å². The fourth-order valence-corrected chi connectivity index (χ4v) is 2.69. The van der Waals surface area contributed by atoms with Gasteiger partial charge in [-0.3, -0.25) is 4.79 Å². The van der Waals surface area contributed by atoms with Crippen LogP contribution in [0.25, 0.3) is 0 Å². The van der Waals surface area contributed by atoms with Crippen LogP contribution in [0.2, 0.25) is 0 Å². The minimum Gasteiger partial charge on any atom is -0.294 e. The predicted octanol–water partition coefficient (Wildman–Crippen LogP) is 4.16. The van der Waals surface area contributed by atoms with Crippen LogP contribution in [0.3, 0.4) is 0 Å². The molecule has 1 aromatic carbocycles. The number of allylic oxidation sites excluding steroid dienone is 2. The van der Waals surface area contributed by atoms with Crippen molar-refractivity contribution in [1.29, 1.82) is 0 Å². The molecular weight excluding hydrogens is 220 g/mol. The molecule has 0 radical (unpaired) electrons. The first-order valence-electron chi connectivity index (χ1n) is 6.84. The van der Waals surface area contributed by atoms with Gasteiger partial charge in [-0.1, -0.05) is 42.3 Å². The third kappa shape index (κ3) is 3.32. The molecule has 0 spiro atoms. The molecule has 2 rings (SSSR count). The molecule has 0 heterocycles. The molecule has 0 saturated heterocycles. The molecule has 1 atom stereocenters.